The number of carbonyl (C=O) groups excluding carboxylic acids is 2. The molecule has 0 spiro atoms. The number of hydrogen-bond donors (Lipinski definition) is 0. The van der Waals surface area contributed by atoms with Crippen LogP contribution in [0.3, 0.4) is 0 Å². The number of ketones is 1. The van der Waals surface area contributed by atoms with E-state index in [0.717, 1.165) is 5.56 Å². The molecule has 1 atom stereocenters. The highest BCUT2D eigenvalue weighted by Gasteiger charge is 2.51. The summed E-state index contributed by atoms with van der Waals surface area (Å²) in [5.74, 6) is -5.64. The maximum absolute atomic E-state index is 12.8. The quantitative estimate of drug-likeness (QED) is 0.481. The Morgan fingerprint density at radius 1 is 1.21 bits per heavy atom. The molecule has 0 aliphatic heterocycles. The van der Waals surface area contributed by atoms with E-state index in [1.807, 2.05) is 0 Å². The van der Waals surface area contributed by atoms with Crippen LogP contribution in [0.1, 0.15) is 22.8 Å². The van der Waals surface area contributed by atoms with Gasteiger partial charge >= 0.3 is 12.1 Å². The molecule has 0 amide bonds. The highest BCUT2D eigenvalue weighted by atomic mass is 19.4. The Labute approximate surface area is 108 Å². The average Bonchev–Trinajstić information content (AvgIpc) is 2.28. The molecule has 1 aromatic rings. The molecule has 0 N–H and O–H groups in total. The molecule has 1 rings (SSSR count). The number of carbonyl (C=O) groups is 2. The summed E-state index contributed by atoms with van der Waals surface area (Å²) in [7, 11) is 0. The molecule has 0 aliphatic carbocycles. The van der Waals surface area contributed by atoms with Crippen molar-refractivity contribution in [3.63, 3.8) is 0 Å². The predicted molar refractivity (Wildman–Crippen MR) is 61.7 cm³/mol. The zero-order valence-corrected chi connectivity index (χ0v) is 10.5. The fourth-order valence-electron chi connectivity index (χ4n) is 1.50. The van der Waals surface area contributed by atoms with E-state index in [2.05, 4.69) is 4.74 Å². The molecule has 0 saturated heterocycles. The summed E-state index contributed by atoms with van der Waals surface area (Å²) < 4.78 is 42.7. The van der Waals surface area contributed by atoms with Crippen LogP contribution in [0.25, 0.3) is 0 Å². The predicted octanol–water partition coefficient (Wildman–Crippen LogP) is 2.92. The summed E-state index contributed by atoms with van der Waals surface area (Å²) in [5.41, 5.74) is 0.636. The second-order valence-corrected chi connectivity index (χ2v) is 3.96. The molecular formula is C13H13F3O3. The van der Waals surface area contributed by atoms with E-state index in [1.54, 1.807) is 6.92 Å². The van der Waals surface area contributed by atoms with Gasteiger partial charge < -0.3 is 4.74 Å². The van der Waals surface area contributed by atoms with Crippen LogP contribution in [0.15, 0.2) is 24.3 Å². The molecule has 0 radical (unpaired) electrons. The van der Waals surface area contributed by atoms with Gasteiger partial charge in [0.05, 0.1) is 6.61 Å². The second kappa shape index (κ2) is 5.86. The van der Waals surface area contributed by atoms with Crippen LogP contribution in [0.4, 0.5) is 13.2 Å². The monoisotopic (exact) mass is 274 g/mol. The summed E-state index contributed by atoms with van der Waals surface area (Å²) >= 11 is 0. The molecule has 0 aliphatic rings. The molecule has 19 heavy (non-hydrogen) atoms. The summed E-state index contributed by atoms with van der Waals surface area (Å²) in [6.45, 7) is 2.90. The number of esters is 1. The van der Waals surface area contributed by atoms with E-state index in [0.29, 0.717) is 0 Å². The molecule has 0 saturated carbocycles. The summed E-state index contributed by atoms with van der Waals surface area (Å²) in [4.78, 5) is 23.1. The lowest BCUT2D eigenvalue weighted by Gasteiger charge is -2.17. The number of hydrogen-bond acceptors (Lipinski definition) is 3. The maximum atomic E-state index is 12.8. The van der Waals surface area contributed by atoms with Gasteiger partial charge in [-0.3, -0.25) is 9.59 Å². The molecule has 0 aromatic heterocycles. The van der Waals surface area contributed by atoms with Crippen LogP contribution < -0.4 is 0 Å². The van der Waals surface area contributed by atoms with Crippen molar-refractivity contribution in [1.82, 2.24) is 0 Å². The van der Waals surface area contributed by atoms with E-state index in [9.17, 15) is 22.8 Å². The Hall–Kier alpha value is -1.85. The largest absolute Gasteiger partial charge is 0.465 e. The standard InChI is InChI=1S/C13H13F3O3/c1-3-19-12(18)10(13(14,15)16)11(17)9-6-4-8(2)5-7-9/h4-7,10H,3H2,1-2H3. The molecule has 6 heteroatoms. The Bertz CT molecular complexity index is 463. The lowest BCUT2D eigenvalue weighted by atomic mass is 9.96. The van der Waals surface area contributed by atoms with Gasteiger partial charge in [-0.2, -0.15) is 13.2 Å². The van der Waals surface area contributed by atoms with Gasteiger partial charge in [0.25, 0.3) is 0 Å². The first-order valence-electron chi connectivity index (χ1n) is 5.61. The van der Waals surface area contributed by atoms with Crippen molar-refractivity contribution in [3.05, 3.63) is 35.4 Å². The van der Waals surface area contributed by atoms with Gasteiger partial charge in [-0.1, -0.05) is 29.8 Å². The van der Waals surface area contributed by atoms with Crippen LogP contribution in [0.2, 0.25) is 0 Å². The van der Waals surface area contributed by atoms with Crippen LogP contribution in [-0.2, 0) is 9.53 Å². The average molecular weight is 274 g/mol. The van der Waals surface area contributed by atoms with E-state index in [-0.39, 0.29) is 12.2 Å². The molecule has 0 fully saturated rings. The van der Waals surface area contributed by atoms with Gasteiger partial charge in [-0.15, -0.1) is 0 Å². The summed E-state index contributed by atoms with van der Waals surface area (Å²) in [6, 6.07) is 5.53. The van der Waals surface area contributed by atoms with Crippen LogP contribution in [-0.4, -0.2) is 24.5 Å². The first-order valence-corrected chi connectivity index (χ1v) is 5.61. The van der Waals surface area contributed by atoms with Crippen molar-refractivity contribution in [3.8, 4) is 0 Å². The second-order valence-electron chi connectivity index (χ2n) is 3.96. The SMILES string of the molecule is CCOC(=O)C(C(=O)c1ccc(C)cc1)C(F)(F)F. The van der Waals surface area contributed by atoms with Crippen LogP contribution in [0.5, 0.6) is 0 Å². The summed E-state index contributed by atoms with van der Waals surface area (Å²) in [5, 5.41) is 0. The molecule has 1 unspecified atom stereocenters. The number of rotatable bonds is 4. The van der Waals surface area contributed by atoms with Gasteiger partial charge in [0.15, 0.2) is 5.78 Å². The number of ether oxygens (including phenoxy) is 1. The number of halogens is 3. The zero-order chi connectivity index (χ0) is 14.6. The highest BCUT2D eigenvalue weighted by molar-refractivity contribution is 6.09. The van der Waals surface area contributed by atoms with Gasteiger partial charge in [-0.05, 0) is 13.8 Å². The van der Waals surface area contributed by atoms with Crippen molar-refractivity contribution >= 4 is 11.8 Å². The number of Topliss-reactive ketones (excluding diaryl/α,β-unsaturated/α-hetero) is 1. The fraction of sp³-hybridized carbons (Fsp3) is 0.385. The highest BCUT2D eigenvalue weighted by Crippen LogP contribution is 2.30. The minimum Gasteiger partial charge on any atom is -0.465 e. The first kappa shape index (κ1) is 15.2. The van der Waals surface area contributed by atoms with Crippen LogP contribution in [0, 0.1) is 12.8 Å². The molecule has 0 bridgehead atoms. The van der Waals surface area contributed by atoms with Gasteiger partial charge in [0.1, 0.15) is 0 Å². The van der Waals surface area contributed by atoms with Crippen LogP contribution >= 0.6 is 0 Å². The minimum atomic E-state index is -4.96. The maximum Gasteiger partial charge on any atom is 0.409 e. The molecule has 1 aromatic carbocycles. The van der Waals surface area contributed by atoms with Gasteiger partial charge in [-0.25, -0.2) is 0 Å². The smallest absolute Gasteiger partial charge is 0.409 e. The van der Waals surface area contributed by atoms with Crippen molar-refractivity contribution in [1.29, 1.82) is 0 Å². The Morgan fingerprint density at radius 2 is 1.74 bits per heavy atom. The first-order chi connectivity index (χ1) is 8.77. The topological polar surface area (TPSA) is 43.4 Å². The number of benzene rings is 1. The Balaban J connectivity index is 3.08. The van der Waals surface area contributed by atoms with Crippen molar-refractivity contribution in [2.75, 3.05) is 6.61 Å². The Kier molecular flexibility index (Phi) is 4.69. The fourth-order valence-corrected chi connectivity index (χ4v) is 1.50. The van der Waals surface area contributed by atoms with E-state index < -0.39 is 23.8 Å². The van der Waals surface area contributed by atoms with Crippen molar-refractivity contribution < 1.29 is 27.5 Å². The van der Waals surface area contributed by atoms with E-state index in [1.165, 1.54) is 31.2 Å². The van der Waals surface area contributed by atoms with Crippen molar-refractivity contribution in [2.45, 2.75) is 20.0 Å². The third-order valence-electron chi connectivity index (χ3n) is 2.45. The number of aryl methyl sites for hydroxylation is 1. The Morgan fingerprint density at radius 3 is 2.16 bits per heavy atom. The van der Waals surface area contributed by atoms with Gasteiger partial charge in [0.2, 0.25) is 5.92 Å². The third kappa shape index (κ3) is 3.81. The third-order valence-corrected chi connectivity index (χ3v) is 2.45. The molecular weight excluding hydrogens is 261 g/mol. The van der Waals surface area contributed by atoms with E-state index in [4.69, 9.17) is 0 Å². The summed E-state index contributed by atoms with van der Waals surface area (Å²) in [6.07, 6.45) is -4.96. The minimum absolute atomic E-state index is 0.166. The van der Waals surface area contributed by atoms with E-state index >= 15 is 0 Å². The molecule has 0 heterocycles. The van der Waals surface area contributed by atoms with Crippen molar-refractivity contribution in [2.24, 2.45) is 5.92 Å². The molecule has 104 valence electrons. The normalized spacial score (nSPS) is 12.9. The lowest BCUT2D eigenvalue weighted by molar-refractivity contribution is -0.187. The number of alkyl halides is 3. The molecule has 3 nitrogen and oxygen atoms in total. The van der Waals surface area contributed by atoms with Gasteiger partial charge in [0, 0.05) is 5.56 Å². The zero-order valence-electron chi connectivity index (χ0n) is 10.5. The lowest BCUT2D eigenvalue weighted by Crippen LogP contribution is -2.38.